The SMILES string of the molecule is COC(=O)Nc1nc2cc(OS(=O)(=O)c3ccc(-c4ccon4)s3)ccc2[nH]1. The molecule has 10 nitrogen and oxygen atoms in total. The second-order valence-corrected chi connectivity index (χ2v) is 8.28. The number of carbonyl (C=O) groups excluding carboxylic acids is 1. The van der Waals surface area contributed by atoms with Crippen LogP contribution in [0.25, 0.3) is 21.6 Å². The van der Waals surface area contributed by atoms with Crippen molar-refractivity contribution >= 4 is 44.5 Å². The summed E-state index contributed by atoms with van der Waals surface area (Å²) in [5.74, 6) is 0.248. The van der Waals surface area contributed by atoms with Crippen LogP contribution < -0.4 is 9.50 Å². The van der Waals surface area contributed by atoms with E-state index in [2.05, 4.69) is 25.2 Å². The molecule has 0 aliphatic carbocycles. The maximum Gasteiger partial charge on any atom is 0.413 e. The third-order valence-electron chi connectivity index (χ3n) is 3.58. The number of H-pyrrole nitrogens is 1. The molecule has 0 saturated heterocycles. The van der Waals surface area contributed by atoms with Gasteiger partial charge >= 0.3 is 16.2 Å². The highest BCUT2D eigenvalue weighted by Gasteiger charge is 2.21. The molecule has 1 amide bonds. The minimum atomic E-state index is -4.04. The predicted octanol–water partition coefficient (Wildman–Crippen LogP) is 3.23. The van der Waals surface area contributed by atoms with Crippen LogP contribution in [0.1, 0.15) is 0 Å². The van der Waals surface area contributed by atoms with Crippen molar-refractivity contribution in [2.75, 3.05) is 12.4 Å². The van der Waals surface area contributed by atoms with Crippen molar-refractivity contribution in [3.8, 4) is 16.3 Å². The Morgan fingerprint density at radius 3 is 2.86 bits per heavy atom. The number of benzene rings is 1. The van der Waals surface area contributed by atoms with E-state index in [1.807, 2.05) is 0 Å². The Balaban J connectivity index is 1.57. The van der Waals surface area contributed by atoms with E-state index in [0.29, 0.717) is 21.6 Å². The first-order valence-corrected chi connectivity index (χ1v) is 9.97. The zero-order valence-electron chi connectivity index (χ0n) is 14.2. The first-order chi connectivity index (χ1) is 13.4. The average molecular weight is 420 g/mol. The molecule has 4 rings (SSSR count). The second-order valence-electron chi connectivity index (χ2n) is 5.42. The molecule has 12 heteroatoms. The lowest BCUT2D eigenvalue weighted by Gasteiger charge is -2.04. The highest BCUT2D eigenvalue weighted by molar-refractivity contribution is 7.89. The van der Waals surface area contributed by atoms with Crippen molar-refractivity contribution in [3.05, 3.63) is 42.7 Å². The molecule has 1 aromatic carbocycles. The van der Waals surface area contributed by atoms with Crippen molar-refractivity contribution in [1.82, 2.24) is 15.1 Å². The molecule has 0 spiro atoms. The average Bonchev–Trinajstić information content (AvgIpc) is 3.40. The molecule has 0 radical (unpaired) electrons. The summed E-state index contributed by atoms with van der Waals surface area (Å²) in [6.07, 6.45) is 0.723. The summed E-state index contributed by atoms with van der Waals surface area (Å²) in [5, 5.41) is 6.17. The molecule has 0 aliphatic heterocycles. The van der Waals surface area contributed by atoms with Crippen molar-refractivity contribution in [3.63, 3.8) is 0 Å². The van der Waals surface area contributed by atoms with Gasteiger partial charge in [-0.15, -0.1) is 11.3 Å². The summed E-state index contributed by atoms with van der Waals surface area (Å²) < 4.78 is 39.6. The molecule has 0 unspecified atom stereocenters. The molecule has 144 valence electrons. The molecule has 3 heterocycles. The molecule has 3 aromatic heterocycles. The molecule has 0 bridgehead atoms. The fourth-order valence-electron chi connectivity index (χ4n) is 2.34. The number of nitrogens with one attached hydrogen (secondary N) is 2. The summed E-state index contributed by atoms with van der Waals surface area (Å²) in [4.78, 5) is 18.9. The van der Waals surface area contributed by atoms with E-state index < -0.39 is 16.2 Å². The molecule has 28 heavy (non-hydrogen) atoms. The van der Waals surface area contributed by atoms with Gasteiger partial charge in [0.05, 0.1) is 23.0 Å². The van der Waals surface area contributed by atoms with Crippen LogP contribution in [0.3, 0.4) is 0 Å². The number of carbonyl (C=O) groups is 1. The van der Waals surface area contributed by atoms with Gasteiger partial charge in [-0.3, -0.25) is 5.32 Å². The standard InChI is InChI=1S/C16H12N4O6S2/c1-24-16(21)19-15-17-10-3-2-9(8-12(10)18-15)26-28(22,23)14-5-4-13(27-14)11-6-7-25-20-11/h2-8H,1H3,(H2,17,18,19,21). The second kappa shape index (κ2) is 6.98. The first kappa shape index (κ1) is 18.0. The maximum atomic E-state index is 12.6. The van der Waals surface area contributed by atoms with Gasteiger partial charge in [0, 0.05) is 12.1 Å². The van der Waals surface area contributed by atoms with Crippen LogP contribution in [0, 0.1) is 0 Å². The van der Waals surface area contributed by atoms with Gasteiger partial charge < -0.3 is 18.4 Å². The number of anilines is 1. The monoisotopic (exact) mass is 420 g/mol. The summed E-state index contributed by atoms with van der Waals surface area (Å²) in [6, 6.07) is 9.21. The number of amides is 1. The third-order valence-corrected chi connectivity index (χ3v) is 6.39. The number of ether oxygens (including phenoxy) is 1. The number of hydrogen-bond acceptors (Lipinski definition) is 9. The molecular weight excluding hydrogens is 408 g/mol. The fraction of sp³-hybridized carbons (Fsp3) is 0.0625. The zero-order chi connectivity index (χ0) is 19.7. The number of aromatic amines is 1. The van der Waals surface area contributed by atoms with Crippen molar-refractivity contribution < 1.29 is 26.7 Å². The Morgan fingerprint density at radius 2 is 2.11 bits per heavy atom. The van der Waals surface area contributed by atoms with E-state index in [9.17, 15) is 13.2 Å². The Bertz CT molecular complexity index is 1240. The summed E-state index contributed by atoms with van der Waals surface area (Å²) in [5.41, 5.74) is 1.53. The van der Waals surface area contributed by atoms with Gasteiger partial charge in [-0.1, -0.05) is 5.16 Å². The minimum Gasteiger partial charge on any atom is -0.453 e. The van der Waals surface area contributed by atoms with Crippen LogP contribution in [0.15, 0.2) is 51.4 Å². The van der Waals surface area contributed by atoms with Gasteiger partial charge in [0.2, 0.25) is 5.95 Å². The third kappa shape index (κ3) is 3.54. The number of imidazole rings is 1. The minimum absolute atomic E-state index is 0.0284. The Morgan fingerprint density at radius 1 is 1.25 bits per heavy atom. The van der Waals surface area contributed by atoms with E-state index in [1.54, 1.807) is 18.2 Å². The topological polar surface area (TPSA) is 136 Å². The lowest BCUT2D eigenvalue weighted by Crippen LogP contribution is -2.11. The lowest BCUT2D eigenvalue weighted by atomic mass is 10.3. The molecule has 0 atom stereocenters. The van der Waals surface area contributed by atoms with E-state index >= 15 is 0 Å². The Hall–Kier alpha value is -3.38. The quantitative estimate of drug-likeness (QED) is 0.470. The smallest absolute Gasteiger partial charge is 0.413 e. The Kier molecular flexibility index (Phi) is 4.49. The normalized spacial score (nSPS) is 11.5. The summed E-state index contributed by atoms with van der Waals surface area (Å²) in [6.45, 7) is 0. The van der Waals surface area contributed by atoms with Gasteiger partial charge in [0.15, 0.2) is 4.21 Å². The molecule has 2 N–H and O–H groups in total. The van der Waals surface area contributed by atoms with Gasteiger partial charge in [0.1, 0.15) is 17.7 Å². The molecule has 0 aliphatic rings. The lowest BCUT2D eigenvalue weighted by molar-refractivity contribution is 0.186. The van der Waals surface area contributed by atoms with Crippen molar-refractivity contribution in [2.45, 2.75) is 4.21 Å². The fourth-order valence-corrected chi connectivity index (χ4v) is 4.50. The summed E-state index contributed by atoms with van der Waals surface area (Å²) in [7, 11) is -2.81. The van der Waals surface area contributed by atoms with E-state index in [1.165, 1.54) is 31.6 Å². The first-order valence-electron chi connectivity index (χ1n) is 7.74. The van der Waals surface area contributed by atoms with E-state index in [0.717, 1.165) is 11.3 Å². The van der Waals surface area contributed by atoms with Crippen molar-refractivity contribution in [2.24, 2.45) is 0 Å². The molecule has 0 fully saturated rings. The number of thiophene rings is 1. The maximum absolute atomic E-state index is 12.6. The van der Waals surface area contributed by atoms with Crippen LogP contribution in [0.4, 0.5) is 10.7 Å². The zero-order valence-corrected chi connectivity index (χ0v) is 15.8. The largest absolute Gasteiger partial charge is 0.453 e. The highest BCUT2D eigenvalue weighted by Crippen LogP contribution is 2.32. The van der Waals surface area contributed by atoms with Gasteiger partial charge in [-0.2, -0.15) is 8.42 Å². The van der Waals surface area contributed by atoms with E-state index in [-0.39, 0.29) is 15.9 Å². The molecular formula is C16H12N4O6S2. The highest BCUT2D eigenvalue weighted by atomic mass is 32.3. The van der Waals surface area contributed by atoms with Crippen LogP contribution in [-0.4, -0.2) is 36.7 Å². The van der Waals surface area contributed by atoms with Gasteiger partial charge in [-0.05, 0) is 24.3 Å². The van der Waals surface area contributed by atoms with Crippen LogP contribution >= 0.6 is 11.3 Å². The number of methoxy groups -OCH3 is 1. The Labute approximate surface area is 162 Å². The van der Waals surface area contributed by atoms with Crippen LogP contribution in [0.5, 0.6) is 5.75 Å². The van der Waals surface area contributed by atoms with E-state index in [4.69, 9.17) is 8.71 Å². The van der Waals surface area contributed by atoms with Crippen LogP contribution in [0.2, 0.25) is 0 Å². The number of nitrogens with zero attached hydrogens (tertiary/aromatic N) is 2. The number of fused-ring (bicyclic) bond motifs is 1. The molecule has 4 aromatic rings. The van der Waals surface area contributed by atoms with Gasteiger partial charge in [-0.25, -0.2) is 9.78 Å². The molecule has 0 saturated carbocycles. The number of aromatic nitrogens is 3. The summed E-state index contributed by atoms with van der Waals surface area (Å²) >= 11 is 1.02. The predicted molar refractivity (Wildman–Crippen MR) is 99.8 cm³/mol. The van der Waals surface area contributed by atoms with Crippen LogP contribution in [-0.2, 0) is 14.9 Å². The number of rotatable bonds is 5. The number of hydrogen-bond donors (Lipinski definition) is 2. The van der Waals surface area contributed by atoms with Gasteiger partial charge in [0.25, 0.3) is 0 Å². The van der Waals surface area contributed by atoms with Crippen molar-refractivity contribution in [1.29, 1.82) is 0 Å².